The first-order chi connectivity index (χ1) is 9.15. The molecule has 0 saturated heterocycles. The molecule has 2 aromatic rings. The molecule has 0 aliphatic heterocycles. The van der Waals surface area contributed by atoms with Gasteiger partial charge in [0.1, 0.15) is 0 Å². The molecule has 0 fully saturated rings. The first-order valence-corrected chi connectivity index (χ1v) is 6.04. The molecule has 0 saturated carbocycles. The summed E-state index contributed by atoms with van der Waals surface area (Å²) in [6.07, 6.45) is 3.57. The van der Waals surface area contributed by atoms with Crippen molar-refractivity contribution in [1.82, 2.24) is 4.57 Å². The van der Waals surface area contributed by atoms with Crippen LogP contribution in [0.25, 0.3) is 0 Å². The lowest BCUT2D eigenvalue weighted by molar-refractivity contribution is 0.799. The van der Waals surface area contributed by atoms with Crippen molar-refractivity contribution in [3.63, 3.8) is 0 Å². The van der Waals surface area contributed by atoms with Gasteiger partial charge in [-0.3, -0.25) is 0 Å². The van der Waals surface area contributed by atoms with Crippen molar-refractivity contribution in [2.24, 2.45) is 21.7 Å². The van der Waals surface area contributed by atoms with Crippen LogP contribution in [-0.4, -0.2) is 16.7 Å². The van der Waals surface area contributed by atoms with Gasteiger partial charge >= 0.3 is 0 Å². The normalized spacial score (nSPS) is 10.8. The molecule has 0 atom stereocenters. The second-order valence-corrected chi connectivity index (χ2v) is 4.39. The predicted octanol–water partition coefficient (Wildman–Crippen LogP) is 1.80. The molecular weight excluding hydrogens is 262 g/mol. The summed E-state index contributed by atoms with van der Waals surface area (Å²) in [5.74, 6) is -0.0629. The highest BCUT2D eigenvalue weighted by Crippen LogP contribution is 2.11. The van der Waals surface area contributed by atoms with Crippen molar-refractivity contribution in [2.45, 2.75) is 6.54 Å². The molecule has 1 aromatic carbocycles. The Bertz CT molecular complexity index is 594. The summed E-state index contributed by atoms with van der Waals surface area (Å²) >= 11 is 5.86. The minimum atomic E-state index is -0.0629. The van der Waals surface area contributed by atoms with Gasteiger partial charge in [0.15, 0.2) is 0 Å². The fourth-order valence-electron chi connectivity index (χ4n) is 1.63. The first kappa shape index (κ1) is 13.2. The van der Waals surface area contributed by atoms with Crippen LogP contribution in [0.3, 0.4) is 0 Å². The van der Waals surface area contributed by atoms with E-state index in [-0.39, 0.29) is 5.96 Å². The summed E-state index contributed by atoms with van der Waals surface area (Å²) in [6, 6.07) is 11.6. The Hall–Kier alpha value is -2.27. The minimum Gasteiger partial charge on any atom is -0.369 e. The molecule has 0 amide bonds. The molecule has 1 aromatic heterocycles. The zero-order chi connectivity index (χ0) is 13.7. The highest BCUT2D eigenvalue weighted by Gasteiger charge is 1.99. The maximum Gasteiger partial charge on any atom is 0.211 e. The Kier molecular flexibility index (Phi) is 4.20. The van der Waals surface area contributed by atoms with Gasteiger partial charge in [0.2, 0.25) is 5.96 Å². The van der Waals surface area contributed by atoms with E-state index in [0.29, 0.717) is 0 Å². The zero-order valence-corrected chi connectivity index (χ0v) is 11.0. The van der Waals surface area contributed by atoms with Gasteiger partial charge in [-0.15, -0.1) is 5.10 Å². The minimum absolute atomic E-state index is 0.0629. The van der Waals surface area contributed by atoms with E-state index >= 15 is 0 Å². The summed E-state index contributed by atoms with van der Waals surface area (Å²) in [4.78, 5) is 0. The third kappa shape index (κ3) is 3.86. The molecule has 0 bridgehead atoms. The van der Waals surface area contributed by atoms with Crippen molar-refractivity contribution < 1.29 is 0 Å². The van der Waals surface area contributed by atoms with Crippen LogP contribution < -0.4 is 11.5 Å². The van der Waals surface area contributed by atoms with E-state index in [1.54, 1.807) is 6.21 Å². The summed E-state index contributed by atoms with van der Waals surface area (Å²) < 4.78 is 2.04. The molecular formula is C13H14ClN5. The zero-order valence-electron chi connectivity index (χ0n) is 10.2. The lowest BCUT2D eigenvalue weighted by Crippen LogP contribution is -2.21. The van der Waals surface area contributed by atoms with Crippen LogP contribution in [0.2, 0.25) is 5.02 Å². The molecule has 1 heterocycles. The molecule has 4 N–H and O–H groups in total. The Morgan fingerprint density at radius 3 is 2.63 bits per heavy atom. The van der Waals surface area contributed by atoms with Crippen LogP contribution in [0.1, 0.15) is 11.3 Å². The van der Waals surface area contributed by atoms with Crippen LogP contribution in [0, 0.1) is 0 Å². The van der Waals surface area contributed by atoms with Gasteiger partial charge in [0, 0.05) is 17.8 Å². The smallest absolute Gasteiger partial charge is 0.211 e. The molecule has 0 radical (unpaired) electrons. The quantitative estimate of drug-likeness (QED) is 0.507. The van der Waals surface area contributed by atoms with Crippen LogP contribution >= 0.6 is 11.6 Å². The van der Waals surface area contributed by atoms with Gasteiger partial charge in [-0.05, 0) is 29.8 Å². The molecule has 2 rings (SSSR count). The van der Waals surface area contributed by atoms with Crippen molar-refractivity contribution in [1.29, 1.82) is 0 Å². The molecule has 6 heteroatoms. The van der Waals surface area contributed by atoms with E-state index < -0.39 is 0 Å². The fourth-order valence-corrected chi connectivity index (χ4v) is 1.76. The van der Waals surface area contributed by atoms with Gasteiger partial charge in [-0.2, -0.15) is 5.10 Å². The van der Waals surface area contributed by atoms with Crippen molar-refractivity contribution in [3.05, 3.63) is 58.9 Å². The van der Waals surface area contributed by atoms with Gasteiger partial charge in [-0.25, -0.2) is 0 Å². The monoisotopic (exact) mass is 275 g/mol. The average molecular weight is 276 g/mol. The summed E-state index contributed by atoms with van der Waals surface area (Å²) in [5, 5.41) is 8.10. The van der Waals surface area contributed by atoms with Crippen molar-refractivity contribution >= 4 is 23.8 Å². The Morgan fingerprint density at radius 2 is 1.95 bits per heavy atom. The van der Waals surface area contributed by atoms with E-state index in [2.05, 4.69) is 10.2 Å². The number of benzene rings is 1. The number of aromatic nitrogens is 1. The Balaban J connectivity index is 2.13. The van der Waals surface area contributed by atoms with E-state index in [1.165, 1.54) is 0 Å². The molecule has 0 aliphatic carbocycles. The predicted molar refractivity (Wildman–Crippen MR) is 78.4 cm³/mol. The molecule has 98 valence electrons. The average Bonchev–Trinajstić information content (AvgIpc) is 2.79. The Morgan fingerprint density at radius 1 is 1.21 bits per heavy atom. The van der Waals surface area contributed by atoms with E-state index in [1.807, 2.05) is 47.2 Å². The third-order valence-corrected chi connectivity index (χ3v) is 2.75. The lowest BCUT2D eigenvalue weighted by Gasteiger charge is -2.06. The van der Waals surface area contributed by atoms with Crippen LogP contribution in [0.4, 0.5) is 0 Å². The van der Waals surface area contributed by atoms with Gasteiger partial charge in [0.05, 0.1) is 11.9 Å². The highest BCUT2D eigenvalue weighted by molar-refractivity contribution is 6.30. The molecule has 19 heavy (non-hydrogen) atoms. The van der Waals surface area contributed by atoms with Gasteiger partial charge in [-0.1, -0.05) is 23.7 Å². The number of nitrogens with two attached hydrogens (primary N) is 2. The second kappa shape index (κ2) is 6.06. The standard InChI is InChI=1S/C13H14ClN5/c14-11-5-3-10(4-6-11)9-19-7-1-2-12(19)8-17-18-13(15)16/h1-8H,9H2,(H4,15,16,18)/b17-8+. The fraction of sp³-hybridized carbons (Fsp3) is 0.0769. The first-order valence-electron chi connectivity index (χ1n) is 5.67. The number of hydrogen-bond donors (Lipinski definition) is 2. The third-order valence-electron chi connectivity index (χ3n) is 2.49. The highest BCUT2D eigenvalue weighted by atomic mass is 35.5. The number of guanidine groups is 1. The number of halogens is 1. The lowest BCUT2D eigenvalue weighted by atomic mass is 10.2. The van der Waals surface area contributed by atoms with Crippen LogP contribution in [0.15, 0.2) is 52.8 Å². The summed E-state index contributed by atoms with van der Waals surface area (Å²) in [6.45, 7) is 0.730. The van der Waals surface area contributed by atoms with Gasteiger partial charge in [0.25, 0.3) is 0 Å². The SMILES string of the molecule is NC(N)=N/N=C/c1cccn1Cc1ccc(Cl)cc1. The second-order valence-electron chi connectivity index (χ2n) is 3.96. The molecule has 0 unspecified atom stereocenters. The van der Waals surface area contributed by atoms with E-state index in [0.717, 1.165) is 22.8 Å². The van der Waals surface area contributed by atoms with Crippen molar-refractivity contribution in [2.75, 3.05) is 0 Å². The maximum atomic E-state index is 5.86. The molecule has 0 aliphatic rings. The van der Waals surface area contributed by atoms with Crippen LogP contribution in [0.5, 0.6) is 0 Å². The van der Waals surface area contributed by atoms with E-state index in [4.69, 9.17) is 23.1 Å². The molecule has 0 spiro atoms. The summed E-state index contributed by atoms with van der Waals surface area (Å²) in [7, 11) is 0. The molecule has 5 nitrogen and oxygen atoms in total. The van der Waals surface area contributed by atoms with Crippen LogP contribution in [-0.2, 0) is 6.54 Å². The number of hydrogen-bond acceptors (Lipinski definition) is 2. The topological polar surface area (TPSA) is 81.7 Å². The van der Waals surface area contributed by atoms with Gasteiger partial charge < -0.3 is 16.0 Å². The largest absolute Gasteiger partial charge is 0.369 e. The summed E-state index contributed by atoms with van der Waals surface area (Å²) in [5.41, 5.74) is 12.5. The number of nitrogens with zero attached hydrogens (tertiary/aromatic N) is 3. The van der Waals surface area contributed by atoms with E-state index in [9.17, 15) is 0 Å². The Labute approximate surface area is 116 Å². The number of rotatable bonds is 4. The van der Waals surface area contributed by atoms with Crippen molar-refractivity contribution in [3.8, 4) is 0 Å². The maximum absolute atomic E-state index is 5.86.